The second kappa shape index (κ2) is 12.4. The van der Waals surface area contributed by atoms with Gasteiger partial charge in [0.2, 0.25) is 0 Å². The Balaban J connectivity index is 1.25. The zero-order chi connectivity index (χ0) is 27.2. The van der Waals surface area contributed by atoms with Gasteiger partial charge in [-0.05, 0) is 92.5 Å². The highest BCUT2D eigenvalue weighted by atomic mass is 35.5. The van der Waals surface area contributed by atoms with Crippen molar-refractivity contribution in [2.75, 3.05) is 6.61 Å². The molecule has 1 aliphatic heterocycles. The molecular formula is C34H36ClNO3. The van der Waals surface area contributed by atoms with Gasteiger partial charge < -0.3 is 14.6 Å². The quantitative estimate of drug-likeness (QED) is 0.231. The maximum Gasteiger partial charge on any atom is 0.158 e. The number of benzene rings is 3. The predicted molar refractivity (Wildman–Crippen MR) is 160 cm³/mol. The maximum absolute atomic E-state index is 11.2. The summed E-state index contributed by atoms with van der Waals surface area (Å²) in [6, 6.07) is 26.3. The number of halogens is 1. The van der Waals surface area contributed by atoms with Gasteiger partial charge >= 0.3 is 0 Å². The van der Waals surface area contributed by atoms with Gasteiger partial charge in [0.25, 0.3) is 0 Å². The van der Waals surface area contributed by atoms with Crippen LogP contribution in [0.3, 0.4) is 0 Å². The van der Waals surface area contributed by atoms with Crippen molar-refractivity contribution in [3.8, 4) is 0 Å². The largest absolute Gasteiger partial charge is 0.388 e. The van der Waals surface area contributed by atoms with Gasteiger partial charge in [0.15, 0.2) is 6.29 Å². The predicted octanol–water partition coefficient (Wildman–Crippen LogP) is 8.50. The number of nitrogens with zero attached hydrogens (tertiary/aromatic N) is 1. The van der Waals surface area contributed by atoms with E-state index in [0.717, 1.165) is 65.6 Å². The molecule has 1 aliphatic rings. The molecule has 1 fully saturated rings. The summed E-state index contributed by atoms with van der Waals surface area (Å²) in [5.74, 6) is 0. The fourth-order valence-corrected chi connectivity index (χ4v) is 5.39. The summed E-state index contributed by atoms with van der Waals surface area (Å²) in [6.45, 7) is 4.86. The van der Waals surface area contributed by atoms with Crippen LogP contribution in [-0.2, 0) is 21.5 Å². The molecular weight excluding hydrogens is 506 g/mol. The van der Waals surface area contributed by atoms with Crippen molar-refractivity contribution in [1.82, 2.24) is 4.98 Å². The number of aliphatic hydroxyl groups is 1. The molecule has 0 saturated carbocycles. The summed E-state index contributed by atoms with van der Waals surface area (Å²) in [5.41, 5.74) is 5.39. The summed E-state index contributed by atoms with van der Waals surface area (Å²) >= 11 is 6.14. The van der Waals surface area contributed by atoms with E-state index in [1.807, 2.05) is 48.5 Å². The van der Waals surface area contributed by atoms with Crippen molar-refractivity contribution in [3.05, 3.63) is 112 Å². The average molecular weight is 542 g/mol. The Morgan fingerprint density at radius 3 is 2.72 bits per heavy atom. The molecule has 5 heteroatoms. The minimum Gasteiger partial charge on any atom is -0.388 e. The molecule has 0 spiro atoms. The van der Waals surface area contributed by atoms with Gasteiger partial charge in [-0.1, -0.05) is 78.3 Å². The van der Waals surface area contributed by atoms with Crippen LogP contribution < -0.4 is 0 Å². The zero-order valence-electron chi connectivity index (χ0n) is 22.6. The molecule has 2 heterocycles. The molecule has 0 radical (unpaired) electrons. The van der Waals surface area contributed by atoms with Crippen LogP contribution in [0.15, 0.2) is 78.9 Å². The molecule has 39 heavy (non-hydrogen) atoms. The Bertz CT molecular complexity index is 1440. The maximum atomic E-state index is 11.2. The van der Waals surface area contributed by atoms with Crippen LogP contribution in [0.2, 0.25) is 5.02 Å². The minimum absolute atomic E-state index is 0.197. The Labute approximate surface area is 236 Å². The van der Waals surface area contributed by atoms with E-state index >= 15 is 0 Å². The van der Waals surface area contributed by atoms with Gasteiger partial charge in [-0.3, -0.25) is 0 Å². The first-order valence-corrected chi connectivity index (χ1v) is 14.2. The first-order chi connectivity index (χ1) is 18.9. The highest BCUT2D eigenvalue weighted by Crippen LogP contribution is 2.35. The Morgan fingerprint density at radius 2 is 1.87 bits per heavy atom. The second-order valence-corrected chi connectivity index (χ2v) is 11.2. The lowest BCUT2D eigenvalue weighted by molar-refractivity contribution is -0.219. The fraction of sp³-hybridized carbons (Fsp3) is 0.324. The Hall–Kier alpha value is -3.02. The van der Waals surface area contributed by atoms with Crippen molar-refractivity contribution in [2.45, 2.75) is 63.9 Å². The lowest BCUT2D eigenvalue weighted by Gasteiger charge is -2.35. The number of hydrogen-bond acceptors (Lipinski definition) is 4. The van der Waals surface area contributed by atoms with Crippen LogP contribution in [-0.4, -0.2) is 23.0 Å². The Morgan fingerprint density at radius 1 is 1.03 bits per heavy atom. The standard InChI is InChI=1S/C34H36ClNO3/c1-34(2,39-33-12-5-6-21-38-33)30-11-4-3-10-29(30)32(37)20-14-25-9-7-8-24(22-25)13-18-28-19-16-26-15-17-27(35)23-31(26)36-28/h3-4,7-11,13,15-19,22-23,32-33,37H,5-6,12,14,20-21H2,1-2H3. The van der Waals surface area contributed by atoms with Gasteiger partial charge in [-0.25, -0.2) is 4.98 Å². The molecule has 0 bridgehead atoms. The zero-order valence-corrected chi connectivity index (χ0v) is 23.4. The fourth-order valence-electron chi connectivity index (χ4n) is 5.22. The molecule has 0 amide bonds. The van der Waals surface area contributed by atoms with E-state index in [0.29, 0.717) is 11.4 Å². The van der Waals surface area contributed by atoms with Gasteiger partial charge in [-0.15, -0.1) is 0 Å². The summed E-state index contributed by atoms with van der Waals surface area (Å²) in [6.07, 6.45) is 7.79. The molecule has 202 valence electrons. The number of aryl methyl sites for hydroxylation is 1. The van der Waals surface area contributed by atoms with E-state index in [2.05, 4.69) is 56.3 Å². The molecule has 2 unspecified atom stereocenters. The van der Waals surface area contributed by atoms with E-state index in [9.17, 15) is 5.11 Å². The summed E-state index contributed by atoms with van der Waals surface area (Å²) in [7, 11) is 0. The van der Waals surface area contributed by atoms with Crippen LogP contribution in [0.25, 0.3) is 23.1 Å². The molecule has 3 aromatic carbocycles. The van der Waals surface area contributed by atoms with E-state index < -0.39 is 11.7 Å². The number of aliphatic hydroxyl groups excluding tert-OH is 1. The third kappa shape index (κ3) is 7.14. The van der Waals surface area contributed by atoms with Gasteiger partial charge in [0.1, 0.15) is 0 Å². The van der Waals surface area contributed by atoms with Crippen LogP contribution >= 0.6 is 11.6 Å². The van der Waals surface area contributed by atoms with Crippen LogP contribution in [0, 0.1) is 0 Å². The number of aromatic nitrogens is 1. The third-order valence-electron chi connectivity index (χ3n) is 7.31. The van der Waals surface area contributed by atoms with Gasteiger partial charge in [0, 0.05) is 17.0 Å². The molecule has 4 nitrogen and oxygen atoms in total. The van der Waals surface area contributed by atoms with Crippen molar-refractivity contribution in [2.24, 2.45) is 0 Å². The highest BCUT2D eigenvalue weighted by molar-refractivity contribution is 6.31. The molecule has 5 rings (SSSR count). The molecule has 2 atom stereocenters. The second-order valence-electron chi connectivity index (χ2n) is 10.7. The smallest absolute Gasteiger partial charge is 0.158 e. The lowest BCUT2D eigenvalue weighted by Crippen LogP contribution is -2.33. The van der Waals surface area contributed by atoms with Gasteiger partial charge in [0.05, 0.1) is 22.9 Å². The van der Waals surface area contributed by atoms with Crippen molar-refractivity contribution < 1.29 is 14.6 Å². The number of ether oxygens (including phenoxy) is 2. The van der Waals surface area contributed by atoms with Crippen LogP contribution in [0.1, 0.15) is 73.6 Å². The first kappa shape index (κ1) is 27.5. The highest BCUT2D eigenvalue weighted by Gasteiger charge is 2.30. The lowest BCUT2D eigenvalue weighted by atomic mass is 9.88. The van der Waals surface area contributed by atoms with E-state index in [1.54, 1.807) is 0 Å². The molecule has 4 aromatic rings. The summed E-state index contributed by atoms with van der Waals surface area (Å²) in [5, 5.41) is 13.0. The van der Waals surface area contributed by atoms with Crippen molar-refractivity contribution in [3.63, 3.8) is 0 Å². The summed E-state index contributed by atoms with van der Waals surface area (Å²) in [4.78, 5) is 4.71. The first-order valence-electron chi connectivity index (χ1n) is 13.8. The average Bonchev–Trinajstić information content (AvgIpc) is 2.95. The van der Waals surface area contributed by atoms with E-state index in [1.165, 1.54) is 5.56 Å². The molecule has 1 aromatic heterocycles. The van der Waals surface area contributed by atoms with E-state index in [4.69, 9.17) is 26.1 Å². The molecule has 1 N–H and O–H groups in total. The molecule has 0 aliphatic carbocycles. The number of pyridine rings is 1. The third-order valence-corrected chi connectivity index (χ3v) is 7.55. The normalized spacial score (nSPS) is 17.1. The van der Waals surface area contributed by atoms with Crippen molar-refractivity contribution in [1.29, 1.82) is 0 Å². The Kier molecular flexibility index (Phi) is 8.79. The van der Waals surface area contributed by atoms with Gasteiger partial charge in [-0.2, -0.15) is 0 Å². The van der Waals surface area contributed by atoms with E-state index in [-0.39, 0.29) is 6.29 Å². The topological polar surface area (TPSA) is 51.6 Å². The SMILES string of the molecule is CC(C)(OC1CCCCO1)c1ccccc1C(O)CCc1cccc(C=Cc2ccc3ccc(Cl)cc3n2)c1. The minimum atomic E-state index is -0.593. The summed E-state index contributed by atoms with van der Waals surface area (Å²) < 4.78 is 12.2. The molecule has 1 saturated heterocycles. The van der Waals surface area contributed by atoms with Crippen LogP contribution in [0.5, 0.6) is 0 Å². The number of fused-ring (bicyclic) bond motifs is 1. The number of rotatable bonds is 9. The number of hydrogen-bond donors (Lipinski definition) is 1. The van der Waals surface area contributed by atoms with Crippen LogP contribution in [0.4, 0.5) is 0 Å². The monoisotopic (exact) mass is 541 g/mol. The van der Waals surface area contributed by atoms with Crippen molar-refractivity contribution >= 4 is 34.7 Å².